The van der Waals surface area contributed by atoms with Crippen molar-refractivity contribution in [2.24, 2.45) is 0 Å². The molecule has 0 aromatic carbocycles. The fourth-order valence-corrected chi connectivity index (χ4v) is 1.82. The molecule has 1 heterocycles. The van der Waals surface area contributed by atoms with Crippen LogP contribution in [0.3, 0.4) is 0 Å². The highest BCUT2D eigenvalue weighted by molar-refractivity contribution is 9.10. The van der Waals surface area contributed by atoms with Crippen LogP contribution >= 0.6 is 15.9 Å². The van der Waals surface area contributed by atoms with Gasteiger partial charge in [-0.2, -0.15) is 10.2 Å². The monoisotopic (exact) mass is 283 g/mol. The normalized spacial score (nSPS) is 10.1. The lowest BCUT2D eigenvalue weighted by molar-refractivity contribution is 0.570. The Kier molecular flexibility index (Phi) is 4.69. The molecule has 0 aliphatic rings. The molecule has 0 spiro atoms. The molecule has 4 nitrogen and oxygen atoms in total. The van der Waals surface area contributed by atoms with Gasteiger partial charge in [-0.05, 0) is 42.6 Å². The first kappa shape index (κ1) is 12.9. The predicted molar refractivity (Wildman–Crippen MR) is 65.1 cm³/mol. The molecular weight excluding hydrogens is 270 g/mol. The number of hydrogen-bond donors (Lipinski definition) is 0. The molecule has 1 aromatic heterocycles. The van der Waals surface area contributed by atoms with Crippen LogP contribution in [0.2, 0.25) is 0 Å². The zero-order valence-corrected chi connectivity index (χ0v) is 11.0. The summed E-state index contributed by atoms with van der Waals surface area (Å²) < 4.78 is 2.53. The Morgan fingerprint density at radius 3 is 2.75 bits per heavy atom. The number of halogens is 1. The van der Waals surface area contributed by atoms with Gasteiger partial charge in [-0.15, -0.1) is 0 Å². The largest absolute Gasteiger partial charge is 0.348 e. The van der Waals surface area contributed by atoms with Crippen molar-refractivity contribution in [1.29, 1.82) is 5.26 Å². The summed E-state index contributed by atoms with van der Waals surface area (Å²) in [5, 5.41) is 8.41. The fraction of sp³-hybridized carbons (Fsp3) is 0.545. The second-order valence-electron chi connectivity index (χ2n) is 3.65. The topological polar surface area (TPSA) is 58.7 Å². The Balaban J connectivity index is 2.85. The Morgan fingerprint density at radius 1 is 1.44 bits per heavy atom. The summed E-state index contributed by atoms with van der Waals surface area (Å²) in [7, 11) is 0. The lowest BCUT2D eigenvalue weighted by atomic mass is 10.2. The maximum atomic E-state index is 11.6. The Morgan fingerprint density at radius 2 is 2.12 bits per heavy atom. The third-order valence-corrected chi connectivity index (χ3v) is 3.60. The number of rotatable bonds is 4. The van der Waals surface area contributed by atoms with E-state index >= 15 is 0 Å². The molecule has 86 valence electrons. The van der Waals surface area contributed by atoms with E-state index in [4.69, 9.17) is 5.26 Å². The van der Waals surface area contributed by atoms with E-state index in [2.05, 4.69) is 27.0 Å². The first-order valence-electron chi connectivity index (χ1n) is 5.18. The maximum Gasteiger partial charge on any atom is 0.348 e. The summed E-state index contributed by atoms with van der Waals surface area (Å²) in [6, 6.07) is 2.09. The second kappa shape index (κ2) is 5.80. The van der Waals surface area contributed by atoms with Gasteiger partial charge < -0.3 is 0 Å². The van der Waals surface area contributed by atoms with Crippen LogP contribution in [0, 0.1) is 25.2 Å². The summed E-state index contributed by atoms with van der Waals surface area (Å²) in [5.41, 5.74) is 1.40. The Hall–Kier alpha value is -1.15. The first-order valence-corrected chi connectivity index (χ1v) is 5.97. The fourth-order valence-electron chi connectivity index (χ4n) is 1.51. The van der Waals surface area contributed by atoms with E-state index in [0.29, 0.717) is 13.0 Å². The van der Waals surface area contributed by atoms with Crippen LogP contribution in [0.25, 0.3) is 0 Å². The Labute approximate surface area is 103 Å². The second-order valence-corrected chi connectivity index (χ2v) is 4.44. The molecular formula is C11H14BrN3O. The zero-order chi connectivity index (χ0) is 12.1. The zero-order valence-electron chi connectivity index (χ0n) is 9.46. The van der Waals surface area contributed by atoms with Crippen molar-refractivity contribution >= 4 is 15.9 Å². The average Bonchev–Trinajstić information content (AvgIpc) is 2.25. The van der Waals surface area contributed by atoms with Gasteiger partial charge in [0.1, 0.15) is 0 Å². The molecule has 0 bridgehead atoms. The summed E-state index contributed by atoms with van der Waals surface area (Å²) in [5.74, 6) is 0. The highest BCUT2D eigenvalue weighted by Gasteiger charge is 2.08. The smallest absolute Gasteiger partial charge is 0.295 e. The summed E-state index contributed by atoms with van der Waals surface area (Å²) in [6.07, 6.45) is 2.17. The van der Waals surface area contributed by atoms with Crippen LogP contribution < -0.4 is 5.69 Å². The minimum Gasteiger partial charge on any atom is -0.295 e. The molecule has 5 heteroatoms. The minimum absolute atomic E-state index is 0.213. The third kappa shape index (κ3) is 2.92. The molecule has 16 heavy (non-hydrogen) atoms. The SMILES string of the molecule is Cc1nc(=O)n(CCCCC#N)c(C)c1Br. The van der Waals surface area contributed by atoms with E-state index in [1.54, 1.807) is 11.5 Å². The molecule has 0 amide bonds. The van der Waals surface area contributed by atoms with Crippen molar-refractivity contribution in [3.05, 3.63) is 26.3 Å². The van der Waals surface area contributed by atoms with Crippen LogP contribution in [0.1, 0.15) is 30.7 Å². The van der Waals surface area contributed by atoms with Gasteiger partial charge in [0.25, 0.3) is 0 Å². The number of nitrogens with zero attached hydrogens (tertiary/aromatic N) is 3. The Bertz CT molecular complexity index is 473. The number of aryl methyl sites for hydroxylation is 1. The van der Waals surface area contributed by atoms with Gasteiger partial charge in [0.2, 0.25) is 0 Å². The first-order chi connectivity index (χ1) is 7.57. The standard InChI is InChI=1S/C11H14BrN3O/c1-8-10(12)9(2)15(11(16)14-8)7-5-3-4-6-13/h3-5,7H2,1-2H3. The number of unbranched alkanes of at least 4 members (excludes halogenated alkanes) is 2. The van der Waals surface area contributed by atoms with Crippen LogP contribution in [-0.4, -0.2) is 9.55 Å². The minimum atomic E-state index is -0.213. The average molecular weight is 284 g/mol. The van der Waals surface area contributed by atoms with Crippen LogP contribution in [0.4, 0.5) is 0 Å². The van der Waals surface area contributed by atoms with Crippen molar-refractivity contribution in [1.82, 2.24) is 9.55 Å². The summed E-state index contributed by atoms with van der Waals surface area (Å²) in [4.78, 5) is 15.6. The highest BCUT2D eigenvalue weighted by Crippen LogP contribution is 2.16. The van der Waals surface area contributed by atoms with E-state index in [1.807, 2.05) is 6.92 Å². The molecule has 0 fully saturated rings. The van der Waals surface area contributed by atoms with Gasteiger partial charge in [0.05, 0.1) is 16.2 Å². The number of aromatic nitrogens is 2. The van der Waals surface area contributed by atoms with Gasteiger partial charge >= 0.3 is 5.69 Å². The van der Waals surface area contributed by atoms with Gasteiger partial charge in [0, 0.05) is 18.7 Å². The quantitative estimate of drug-likeness (QED) is 0.797. The lowest BCUT2D eigenvalue weighted by Gasteiger charge is -2.11. The summed E-state index contributed by atoms with van der Waals surface area (Å²) >= 11 is 3.41. The van der Waals surface area contributed by atoms with Crippen molar-refractivity contribution in [2.75, 3.05) is 0 Å². The lowest BCUT2D eigenvalue weighted by Crippen LogP contribution is -2.26. The molecule has 0 aliphatic heterocycles. The van der Waals surface area contributed by atoms with Gasteiger partial charge in [-0.25, -0.2) is 4.79 Å². The molecule has 1 aromatic rings. The van der Waals surface area contributed by atoms with Crippen molar-refractivity contribution < 1.29 is 0 Å². The molecule has 0 saturated heterocycles. The van der Waals surface area contributed by atoms with Crippen LogP contribution in [0.15, 0.2) is 9.27 Å². The van der Waals surface area contributed by atoms with E-state index in [1.165, 1.54) is 0 Å². The maximum absolute atomic E-state index is 11.6. The highest BCUT2D eigenvalue weighted by atomic mass is 79.9. The van der Waals surface area contributed by atoms with Crippen LogP contribution in [-0.2, 0) is 6.54 Å². The van der Waals surface area contributed by atoms with Gasteiger partial charge in [-0.3, -0.25) is 4.57 Å². The van der Waals surface area contributed by atoms with Gasteiger partial charge in [0.15, 0.2) is 0 Å². The molecule has 0 aliphatic carbocycles. The van der Waals surface area contributed by atoms with Crippen LogP contribution in [0.5, 0.6) is 0 Å². The molecule has 0 N–H and O–H groups in total. The van der Waals surface area contributed by atoms with Crippen molar-refractivity contribution in [3.63, 3.8) is 0 Å². The number of hydrogen-bond acceptors (Lipinski definition) is 3. The molecule has 0 atom stereocenters. The van der Waals surface area contributed by atoms with Gasteiger partial charge in [-0.1, -0.05) is 0 Å². The number of nitriles is 1. The summed E-state index contributed by atoms with van der Waals surface area (Å²) in [6.45, 7) is 4.32. The molecule has 1 rings (SSSR count). The van der Waals surface area contributed by atoms with E-state index < -0.39 is 0 Å². The van der Waals surface area contributed by atoms with Crippen molar-refractivity contribution in [2.45, 2.75) is 39.7 Å². The van der Waals surface area contributed by atoms with Crippen molar-refractivity contribution in [3.8, 4) is 6.07 Å². The predicted octanol–water partition coefficient (Wildman–Crippen LogP) is 2.32. The molecule has 0 radical (unpaired) electrons. The third-order valence-electron chi connectivity index (χ3n) is 2.45. The molecule has 0 saturated carbocycles. The molecule has 0 unspecified atom stereocenters. The van der Waals surface area contributed by atoms with E-state index in [9.17, 15) is 4.79 Å². The van der Waals surface area contributed by atoms with E-state index in [0.717, 1.165) is 28.7 Å². The van der Waals surface area contributed by atoms with E-state index in [-0.39, 0.29) is 5.69 Å².